The Morgan fingerprint density at radius 3 is 1.33 bits per heavy atom. The van der Waals surface area contributed by atoms with Crippen molar-refractivity contribution in [1.29, 1.82) is 0 Å². The quantitative estimate of drug-likeness (QED) is 0.243. The minimum absolute atomic E-state index is 0.293. The standard InChI is InChI=1S/C25H42O2/c1-20(2)11-9-13-23(7)15-17-26-25(19-22(5)6)27-18-16-24(8)14-10-12-21(3)4/h11-12,15-16,19,25H,9-10,13-14,17-18H2,1-8H3/b23-15-,24-16-. The van der Waals surface area contributed by atoms with Gasteiger partial charge in [-0.05, 0) is 87.1 Å². The Kier molecular flexibility index (Phi) is 14.9. The van der Waals surface area contributed by atoms with E-state index in [-0.39, 0.29) is 6.29 Å². The molecule has 0 rings (SSSR count). The van der Waals surface area contributed by atoms with Crippen LogP contribution in [-0.2, 0) is 9.47 Å². The summed E-state index contributed by atoms with van der Waals surface area (Å²) in [5.74, 6) is 0. The van der Waals surface area contributed by atoms with Gasteiger partial charge in [-0.1, -0.05) is 52.2 Å². The monoisotopic (exact) mass is 374 g/mol. The van der Waals surface area contributed by atoms with Crippen LogP contribution in [0.2, 0.25) is 0 Å². The van der Waals surface area contributed by atoms with Crippen molar-refractivity contribution >= 4 is 0 Å². The van der Waals surface area contributed by atoms with Gasteiger partial charge in [0.25, 0.3) is 0 Å². The van der Waals surface area contributed by atoms with E-state index in [0.717, 1.165) is 25.7 Å². The molecule has 154 valence electrons. The summed E-state index contributed by atoms with van der Waals surface area (Å²) < 4.78 is 11.8. The lowest BCUT2D eigenvalue weighted by Crippen LogP contribution is -2.15. The second-order valence-corrected chi connectivity index (χ2v) is 8.02. The molecule has 0 heterocycles. The predicted octanol–water partition coefficient (Wildman–Crippen LogP) is 7.70. The van der Waals surface area contributed by atoms with Gasteiger partial charge in [-0.3, -0.25) is 0 Å². The van der Waals surface area contributed by atoms with Gasteiger partial charge in [-0.25, -0.2) is 0 Å². The van der Waals surface area contributed by atoms with Crippen LogP contribution >= 0.6 is 0 Å². The number of hydrogen-bond acceptors (Lipinski definition) is 2. The molecule has 0 aliphatic carbocycles. The minimum atomic E-state index is -0.293. The predicted molar refractivity (Wildman–Crippen MR) is 120 cm³/mol. The molecule has 27 heavy (non-hydrogen) atoms. The molecule has 0 radical (unpaired) electrons. The third-order valence-corrected chi connectivity index (χ3v) is 4.04. The van der Waals surface area contributed by atoms with Gasteiger partial charge in [0.15, 0.2) is 6.29 Å². The maximum absolute atomic E-state index is 5.92. The lowest BCUT2D eigenvalue weighted by Gasteiger charge is -2.14. The van der Waals surface area contributed by atoms with Gasteiger partial charge >= 0.3 is 0 Å². The number of allylic oxidation sites excluding steroid dienone is 7. The zero-order chi connectivity index (χ0) is 20.7. The fourth-order valence-corrected chi connectivity index (χ4v) is 2.37. The van der Waals surface area contributed by atoms with Crippen molar-refractivity contribution < 1.29 is 9.47 Å². The Balaban J connectivity index is 4.41. The van der Waals surface area contributed by atoms with E-state index in [1.165, 1.54) is 27.9 Å². The first kappa shape index (κ1) is 25.6. The molecule has 0 N–H and O–H groups in total. The van der Waals surface area contributed by atoms with Crippen molar-refractivity contribution in [3.05, 3.63) is 58.2 Å². The molecular weight excluding hydrogens is 332 g/mol. The van der Waals surface area contributed by atoms with Gasteiger partial charge in [0, 0.05) is 0 Å². The highest BCUT2D eigenvalue weighted by Crippen LogP contribution is 2.10. The third kappa shape index (κ3) is 17.8. The van der Waals surface area contributed by atoms with E-state index in [0.29, 0.717) is 13.2 Å². The summed E-state index contributed by atoms with van der Waals surface area (Å²) in [6, 6.07) is 0. The van der Waals surface area contributed by atoms with Gasteiger partial charge in [-0.2, -0.15) is 0 Å². The SMILES string of the molecule is CC(C)=CCC/C(C)=C\COC(C=C(C)C)OC/C=C(/C)CCC=C(C)C. The molecule has 0 saturated heterocycles. The molecule has 0 aliphatic heterocycles. The van der Waals surface area contributed by atoms with Crippen LogP contribution in [0.4, 0.5) is 0 Å². The van der Waals surface area contributed by atoms with Crippen LogP contribution in [0, 0.1) is 0 Å². The fourth-order valence-electron chi connectivity index (χ4n) is 2.37. The summed E-state index contributed by atoms with van der Waals surface area (Å²) in [5, 5.41) is 0. The Hall–Kier alpha value is -1.38. The topological polar surface area (TPSA) is 18.5 Å². The first-order chi connectivity index (χ1) is 12.7. The largest absolute Gasteiger partial charge is 0.345 e. The van der Waals surface area contributed by atoms with E-state index in [9.17, 15) is 0 Å². The van der Waals surface area contributed by atoms with E-state index in [4.69, 9.17) is 9.47 Å². The van der Waals surface area contributed by atoms with Crippen molar-refractivity contribution in [1.82, 2.24) is 0 Å². The highest BCUT2D eigenvalue weighted by molar-refractivity contribution is 5.04. The van der Waals surface area contributed by atoms with Crippen molar-refractivity contribution in [3.63, 3.8) is 0 Å². The average Bonchev–Trinajstić information content (AvgIpc) is 2.53. The summed E-state index contributed by atoms with van der Waals surface area (Å²) in [5.41, 5.74) is 6.67. The molecule has 2 nitrogen and oxygen atoms in total. The lowest BCUT2D eigenvalue weighted by atomic mass is 10.1. The second kappa shape index (κ2) is 15.7. The van der Waals surface area contributed by atoms with E-state index in [1.54, 1.807) is 0 Å². The van der Waals surface area contributed by atoms with E-state index >= 15 is 0 Å². The highest BCUT2D eigenvalue weighted by atomic mass is 16.7. The molecule has 0 atom stereocenters. The van der Waals surface area contributed by atoms with Crippen molar-refractivity contribution in [3.8, 4) is 0 Å². The molecule has 0 unspecified atom stereocenters. The summed E-state index contributed by atoms with van der Waals surface area (Å²) >= 11 is 0. The van der Waals surface area contributed by atoms with Crippen molar-refractivity contribution in [2.75, 3.05) is 13.2 Å². The number of rotatable bonds is 13. The first-order valence-electron chi connectivity index (χ1n) is 10.2. The molecule has 0 spiro atoms. The van der Waals surface area contributed by atoms with E-state index in [1.807, 2.05) is 6.08 Å². The smallest absolute Gasteiger partial charge is 0.177 e. The van der Waals surface area contributed by atoms with Crippen LogP contribution in [0.3, 0.4) is 0 Å². The van der Waals surface area contributed by atoms with Crippen LogP contribution < -0.4 is 0 Å². The molecule has 0 aliphatic rings. The van der Waals surface area contributed by atoms with E-state index < -0.39 is 0 Å². The van der Waals surface area contributed by atoms with Gasteiger partial charge in [0.2, 0.25) is 0 Å². The molecule has 0 aromatic heterocycles. The molecule has 2 heteroatoms. The Morgan fingerprint density at radius 2 is 1.00 bits per heavy atom. The first-order valence-corrected chi connectivity index (χ1v) is 10.2. The minimum Gasteiger partial charge on any atom is -0.345 e. The number of ether oxygens (including phenoxy) is 2. The molecule has 0 saturated carbocycles. The molecule has 0 aromatic rings. The Labute approximate surface area is 168 Å². The maximum atomic E-state index is 5.92. The fraction of sp³-hybridized carbons (Fsp3) is 0.600. The summed E-state index contributed by atoms with van der Waals surface area (Å²) in [6.07, 6.45) is 15.0. The van der Waals surface area contributed by atoms with Crippen LogP contribution in [0.1, 0.15) is 81.1 Å². The molecule has 0 amide bonds. The summed E-state index contributed by atoms with van der Waals surface area (Å²) in [6.45, 7) is 18.2. The van der Waals surface area contributed by atoms with Gasteiger partial charge in [0.05, 0.1) is 13.2 Å². The Bertz CT molecular complexity index is 505. The number of hydrogen-bond donors (Lipinski definition) is 0. The summed E-state index contributed by atoms with van der Waals surface area (Å²) in [7, 11) is 0. The van der Waals surface area contributed by atoms with Crippen molar-refractivity contribution in [2.24, 2.45) is 0 Å². The Morgan fingerprint density at radius 1 is 0.593 bits per heavy atom. The third-order valence-electron chi connectivity index (χ3n) is 4.04. The van der Waals surface area contributed by atoms with Gasteiger partial charge in [0.1, 0.15) is 0 Å². The average molecular weight is 375 g/mol. The van der Waals surface area contributed by atoms with Gasteiger partial charge < -0.3 is 9.47 Å². The van der Waals surface area contributed by atoms with Gasteiger partial charge in [-0.15, -0.1) is 0 Å². The van der Waals surface area contributed by atoms with Crippen molar-refractivity contribution in [2.45, 2.75) is 87.4 Å². The highest BCUT2D eigenvalue weighted by Gasteiger charge is 2.04. The second-order valence-electron chi connectivity index (χ2n) is 8.02. The zero-order valence-electron chi connectivity index (χ0n) is 19.0. The normalized spacial score (nSPS) is 13.2. The molecule has 0 fully saturated rings. The maximum Gasteiger partial charge on any atom is 0.177 e. The van der Waals surface area contributed by atoms with Crippen LogP contribution in [0.15, 0.2) is 58.2 Å². The molecule has 0 aromatic carbocycles. The van der Waals surface area contributed by atoms with E-state index in [2.05, 4.69) is 79.7 Å². The van der Waals surface area contributed by atoms with Crippen LogP contribution in [-0.4, -0.2) is 19.5 Å². The molecular formula is C25H42O2. The zero-order valence-corrected chi connectivity index (χ0v) is 19.0. The van der Waals surface area contributed by atoms with Crippen LogP contribution in [0.5, 0.6) is 0 Å². The van der Waals surface area contributed by atoms with Crippen LogP contribution in [0.25, 0.3) is 0 Å². The lowest BCUT2D eigenvalue weighted by molar-refractivity contribution is -0.0942. The molecule has 0 bridgehead atoms. The summed E-state index contributed by atoms with van der Waals surface area (Å²) in [4.78, 5) is 0.